The van der Waals surface area contributed by atoms with Crippen LogP contribution in [0.2, 0.25) is 0 Å². The summed E-state index contributed by atoms with van der Waals surface area (Å²) in [6, 6.07) is 0. The van der Waals surface area contributed by atoms with Gasteiger partial charge in [0.25, 0.3) is 0 Å². The average Bonchev–Trinajstić information content (AvgIpc) is 1.41. The average molecular weight is 114 g/mol. The number of thiocarbonyl (C=S) groups is 1. The van der Waals surface area contributed by atoms with Crippen molar-refractivity contribution < 1.29 is 36.1 Å². The van der Waals surface area contributed by atoms with Crippen molar-refractivity contribution in [2.45, 2.75) is 6.42 Å². The third-order valence-electron chi connectivity index (χ3n) is 0.247. The van der Waals surface area contributed by atoms with E-state index in [0.717, 1.165) is 0 Å². The van der Waals surface area contributed by atoms with Crippen LogP contribution in [-0.4, -0.2) is 17.1 Å². The standard InChI is InChI=1S/C3H6OS.Na.H/c4-2-1-3-5;;/h3-4H,1-2H2;;/q;+1;-1. The molecule has 0 aromatic heterocycles. The van der Waals surface area contributed by atoms with Crippen molar-refractivity contribution in [3.63, 3.8) is 0 Å². The number of rotatable bonds is 2. The Morgan fingerprint density at radius 2 is 2.33 bits per heavy atom. The monoisotopic (exact) mass is 114 g/mol. The van der Waals surface area contributed by atoms with Crippen LogP contribution in [0.1, 0.15) is 7.85 Å². The summed E-state index contributed by atoms with van der Waals surface area (Å²) >= 11 is 4.37. The molecule has 0 spiro atoms. The molecule has 0 amide bonds. The minimum Gasteiger partial charge on any atom is -1.00 e. The second-order valence-corrected chi connectivity index (χ2v) is 1.01. The first-order valence-electron chi connectivity index (χ1n) is 1.46. The number of aliphatic hydroxyl groups excluding tert-OH is 1. The first kappa shape index (κ1) is 10.1. The van der Waals surface area contributed by atoms with Gasteiger partial charge in [0, 0.05) is 6.61 Å². The van der Waals surface area contributed by atoms with Gasteiger partial charge >= 0.3 is 29.6 Å². The maximum absolute atomic E-state index is 7.97. The number of aliphatic hydroxyl groups is 1. The predicted octanol–water partition coefficient (Wildman–Crippen LogP) is -2.51. The Kier molecular flexibility index (Phi) is 15.9. The Bertz CT molecular complexity index is 36.1. The zero-order valence-corrected chi connectivity index (χ0v) is 6.66. The van der Waals surface area contributed by atoms with E-state index in [1.54, 1.807) is 0 Å². The molecule has 0 radical (unpaired) electrons. The Morgan fingerprint density at radius 3 is 2.33 bits per heavy atom. The maximum Gasteiger partial charge on any atom is 1.00 e. The van der Waals surface area contributed by atoms with Crippen LogP contribution in [0, 0.1) is 0 Å². The van der Waals surface area contributed by atoms with Crippen LogP contribution < -0.4 is 29.6 Å². The third-order valence-corrected chi connectivity index (χ3v) is 0.483. The minimum absolute atomic E-state index is 0. The van der Waals surface area contributed by atoms with Gasteiger partial charge in [0.2, 0.25) is 0 Å². The maximum atomic E-state index is 7.97. The van der Waals surface area contributed by atoms with Crippen LogP contribution in [0.3, 0.4) is 0 Å². The molecule has 1 N–H and O–H groups in total. The number of hydrogen-bond acceptors (Lipinski definition) is 2. The van der Waals surface area contributed by atoms with E-state index < -0.39 is 0 Å². The van der Waals surface area contributed by atoms with Crippen molar-refractivity contribution in [1.29, 1.82) is 0 Å². The summed E-state index contributed by atoms with van der Waals surface area (Å²) in [5, 5.41) is 9.48. The van der Waals surface area contributed by atoms with Crippen LogP contribution in [0.15, 0.2) is 0 Å². The summed E-state index contributed by atoms with van der Waals surface area (Å²) in [4.78, 5) is 0. The molecule has 0 atom stereocenters. The van der Waals surface area contributed by atoms with Gasteiger partial charge in [-0.25, -0.2) is 0 Å². The van der Waals surface area contributed by atoms with Gasteiger partial charge in [0.05, 0.1) is 0 Å². The normalized spacial score (nSPS) is 6.17. The zero-order valence-electron chi connectivity index (χ0n) is 4.85. The molecular formula is C3H7NaOS. The van der Waals surface area contributed by atoms with Crippen molar-refractivity contribution in [1.82, 2.24) is 0 Å². The van der Waals surface area contributed by atoms with Crippen molar-refractivity contribution in [3.8, 4) is 0 Å². The van der Waals surface area contributed by atoms with Crippen LogP contribution in [0.5, 0.6) is 0 Å². The van der Waals surface area contributed by atoms with Crippen molar-refractivity contribution in [2.75, 3.05) is 6.61 Å². The van der Waals surface area contributed by atoms with Gasteiger partial charge in [-0.3, -0.25) is 0 Å². The van der Waals surface area contributed by atoms with Gasteiger partial charge in [-0.15, -0.1) is 0 Å². The van der Waals surface area contributed by atoms with Gasteiger partial charge in [-0.05, 0) is 11.8 Å². The second kappa shape index (κ2) is 9.41. The Morgan fingerprint density at radius 1 is 1.83 bits per heavy atom. The number of hydrogen-bond donors (Lipinski definition) is 1. The van der Waals surface area contributed by atoms with E-state index in [0.29, 0.717) is 6.42 Å². The Balaban J connectivity index is -0.0000000800. The molecule has 0 rings (SSSR count). The van der Waals surface area contributed by atoms with Gasteiger partial charge in [-0.1, -0.05) is 12.2 Å². The van der Waals surface area contributed by atoms with Crippen molar-refractivity contribution in [3.05, 3.63) is 0 Å². The predicted molar refractivity (Wildman–Crippen MR) is 26.5 cm³/mol. The fourth-order valence-corrected chi connectivity index (χ4v) is 0.158. The van der Waals surface area contributed by atoms with E-state index in [-0.39, 0.29) is 37.6 Å². The van der Waals surface area contributed by atoms with Crippen LogP contribution in [0.4, 0.5) is 0 Å². The molecule has 0 aliphatic heterocycles. The fourth-order valence-electron chi connectivity index (χ4n) is 0.0527. The fraction of sp³-hybridized carbons (Fsp3) is 0.667. The molecule has 32 valence electrons. The molecule has 0 saturated heterocycles. The molecular weight excluding hydrogens is 107 g/mol. The van der Waals surface area contributed by atoms with Gasteiger partial charge in [-0.2, -0.15) is 0 Å². The molecule has 0 aliphatic carbocycles. The summed E-state index contributed by atoms with van der Waals surface area (Å²) < 4.78 is 0. The molecule has 6 heavy (non-hydrogen) atoms. The van der Waals surface area contributed by atoms with E-state index in [2.05, 4.69) is 12.2 Å². The minimum atomic E-state index is 0. The first-order valence-corrected chi connectivity index (χ1v) is 1.93. The third kappa shape index (κ3) is 8.90. The largest absolute Gasteiger partial charge is 1.00 e. The Hall–Kier alpha value is 1.05. The van der Waals surface area contributed by atoms with Crippen molar-refractivity contribution >= 4 is 17.6 Å². The molecule has 1 nitrogen and oxygen atoms in total. The molecule has 0 fully saturated rings. The molecule has 3 heteroatoms. The quantitative estimate of drug-likeness (QED) is 0.316. The topological polar surface area (TPSA) is 20.2 Å². The van der Waals surface area contributed by atoms with E-state index >= 15 is 0 Å². The van der Waals surface area contributed by atoms with Crippen LogP contribution in [-0.2, 0) is 0 Å². The molecule has 0 bridgehead atoms. The summed E-state index contributed by atoms with van der Waals surface area (Å²) in [7, 11) is 0. The summed E-state index contributed by atoms with van der Waals surface area (Å²) in [5.74, 6) is 0. The van der Waals surface area contributed by atoms with E-state index in [9.17, 15) is 0 Å². The van der Waals surface area contributed by atoms with E-state index in [4.69, 9.17) is 5.11 Å². The van der Waals surface area contributed by atoms with Crippen molar-refractivity contribution in [2.24, 2.45) is 0 Å². The van der Waals surface area contributed by atoms with E-state index in [1.807, 2.05) is 0 Å². The molecule has 0 aromatic carbocycles. The zero-order chi connectivity index (χ0) is 4.12. The van der Waals surface area contributed by atoms with Crippen LogP contribution >= 0.6 is 12.2 Å². The summed E-state index contributed by atoms with van der Waals surface area (Å²) in [6.07, 6.45) is 0.634. The molecule has 0 unspecified atom stereocenters. The summed E-state index contributed by atoms with van der Waals surface area (Å²) in [6.45, 7) is 0.184. The molecule has 0 saturated carbocycles. The smallest absolute Gasteiger partial charge is 1.00 e. The van der Waals surface area contributed by atoms with Gasteiger partial charge in [0.1, 0.15) is 0 Å². The summed E-state index contributed by atoms with van der Waals surface area (Å²) in [5.41, 5.74) is 0. The Labute approximate surface area is 66.5 Å². The SMILES string of the molecule is OCCC=S.[H-].[Na+]. The second-order valence-electron chi connectivity index (χ2n) is 0.679. The van der Waals surface area contributed by atoms with Gasteiger partial charge in [0.15, 0.2) is 0 Å². The van der Waals surface area contributed by atoms with Gasteiger partial charge < -0.3 is 6.53 Å². The van der Waals surface area contributed by atoms with Crippen LogP contribution in [0.25, 0.3) is 0 Å². The van der Waals surface area contributed by atoms with E-state index in [1.165, 1.54) is 5.37 Å². The first-order chi connectivity index (χ1) is 2.41. The molecule has 0 heterocycles. The molecule has 0 aliphatic rings. The molecule has 0 aromatic rings.